The summed E-state index contributed by atoms with van der Waals surface area (Å²) in [4.78, 5) is 4.86. The molecule has 46 heavy (non-hydrogen) atoms. The second-order valence-electron chi connectivity index (χ2n) is 11.6. The molecule has 0 radical (unpaired) electrons. The van der Waals surface area contributed by atoms with Crippen molar-refractivity contribution >= 4 is 43.6 Å². The number of hydrogen-bond acceptors (Lipinski definition) is 2. The molecule has 0 spiro atoms. The monoisotopic (exact) mass is 594 g/mol. The van der Waals surface area contributed by atoms with E-state index in [1.54, 1.807) is 30.5 Å². The first kappa shape index (κ1) is 23.3. The molecule has 0 saturated carbocycles. The largest absolute Gasteiger partial charge is 0.508 e. The van der Waals surface area contributed by atoms with Crippen LogP contribution in [0.4, 0.5) is 0 Å². The van der Waals surface area contributed by atoms with Crippen molar-refractivity contribution in [3.63, 3.8) is 0 Å². The first-order valence-corrected chi connectivity index (χ1v) is 15.3. The topological polar surface area (TPSA) is 43.0 Å². The lowest BCUT2D eigenvalue weighted by Gasteiger charge is -2.21. The summed E-state index contributed by atoms with van der Waals surface area (Å²) >= 11 is 0. The highest BCUT2D eigenvalue weighted by atomic mass is 16.3. The number of fused-ring (bicyclic) bond motifs is 6. The number of para-hydroxylation sites is 4. The standard InChI is InChI=1S/C42H29N3O/c1-27-24-35(28-12-10-13-29(46)25-28)43-26-34(27)42-40(44-36-18-6-2-14-30(36)31-15-3-7-19-37(31)44)22-11-23-41(42)45-38-20-8-4-16-32(38)33-17-5-9-21-39(33)45/h2-26,46H,1H3/i1D3. The highest BCUT2D eigenvalue weighted by Gasteiger charge is 2.22. The number of hydrogen-bond donors (Lipinski definition) is 1. The number of aryl methyl sites for hydroxylation is 1. The van der Waals surface area contributed by atoms with E-state index in [4.69, 9.17) is 9.10 Å². The van der Waals surface area contributed by atoms with Crippen LogP contribution in [-0.2, 0) is 0 Å². The fourth-order valence-corrected chi connectivity index (χ4v) is 7.02. The first-order valence-electron chi connectivity index (χ1n) is 16.8. The normalized spacial score (nSPS) is 12.9. The molecule has 0 amide bonds. The quantitative estimate of drug-likeness (QED) is 0.220. The fourth-order valence-electron chi connectivity index (χ4n) is 7.02. The molecule has 1 N–H and O–H groups in total. The van der Waals surface area contributed by atoms with Crippen LogP contribution >= 0.6 is 0 Å². The van der Waals surface area contributed by atoms with E-state index in [0.29, 0.717) is 16.8 Å². The Morgan fingerprint density at radius 2 is 1.02 bits per heavy atom. The van der Waals surface area contributed by atoms with E-state index in [2.05, 4.69) is 69.8 Å². The third-order valence-electron chi connectivity index (χ3n) is 8.98. The number of rotatable bonds is 4. The van der Waals surface area contributed by atoms with Gasteiger partial charge in [0.05, 0.1) is 39.1 Å². The van der Waals surface area contributed by atoms with Crippen molar-refractivity contribution in [3.8, 4) is 39.5 Å². The van der Waals surface area contributed by atoms with Crippen LogP contribution in [0.2, 0.25) is 0 Å². The SMILES string of the molecule is [2H]C([2H])([2H])c1cc(-c2cccc(O)c2)ncc1-c1c(-n2c3ccccc3c3ccccc32)cccc1-n1c2ccccc2c2ccccc21. The van der Waals surface area contributed by atoms with Gasteiger partial charge in [0.15, 0.2) is 0 Å². The summed E-state index contributed by atoms with van der Waals surface area (Å²) in [5.74, 6) is 0.0872. The molecule has 0 fully saturated rings. The predicted octanol–water partition coefficient (Wildman–Crippen LogP) is 10.6. The third-order valence-corrected chi connectivity index (χ3v) is 8.98. The summed E-state index contributed by atoms with van der Waals surface area (Å²) in [6.45, 7) is -2.48. The highest BCUT2D eigenvalue weighted by molar-refractivity contribution is 6.12. The van der Waals surface area contributed by atoms with Gasteiger partial charge >= 0.3 is 0 Å². The van der Waals surface area contributed by atoms with E-state index >= 15 is 0 Å². The van der Waals surface area contributed by atoms with Crippen LogP contribution in [0, 0.1) is 6.85 Å². The molecule has 4 heteroatoms. The molecule has 3 heterocycles. The second-order valence-corrected chi connectivity index (χ2v) is 11.6. The van der Waals surface area contributed by atoms with Crippen molar-refractivity contribution < 1.29 is 9.22 Å². The molecule has 6 aromatic carbocycles. The van der Waals surface area contributed by atoms with Crippen molar-refractivity contribution in [2.75, 3.05) is 0 Å². The maximum atomic E-state index is 10.2. The van der Waals surface area contributed by atoms with Crippen molar-refractivity contribution in [2.24, 2.45) is 0 Å². The van der Waals surface area contributed by atoms with Crippen LogP contribution in [0.1, 0.15) is 9.68 Å². The smallest absolute Gasteiger partial charge is 0.116 e. The van der Waals surface area contributed by atoms with Gasteiger partial charge in [-0.05, 0) is 67.0 Å². The molecule has 9 aromatic rings. The number of aromatic hydroxyl groups is 1. The van der Waals surface area contributed by atoms with Crippen molar-refractivity contribution in [2.45, 2.75) is 6.85 Å². The van der Waals surface area contributed by atoms with Gasteiger partial charge in [0.1, 0.15) is 5.75 Å². The van der Waals surface area contributed by atoms with Crippen LogP contribution in [0.5, 0.6) is 5.75 Å². The molecule has 9 rings (SSSR count). The van der Waals surface area contributed by atoms with Crippen molar-refractivity contribution in [1.29, 1.82) is 0 Å². The molecule has 0 aliphatic heterocycles. The van der Waals surface area contributed by atoms with E-state index in [-0.39, 0.29) is 11.3 Å². The summed E-state index contributed by atoms with van der Waals surface area (Å²) in [6.07, 6.45) is 1.69. The lowest BCUT2D eigenvalue weighted by atomic mass is 9.96. The minimum Gasteiger partial charge on any atom is -0.508 e. The molecule has 0 saturated heterocycles. The zero-order valence-electron chi connectivity index (χ0n) is 27.7. The summed E-state index contributed by atoms with van der Waals surface area (Å²) in [5, 5.41) is 14.7. The zero-order chi connectivity index (χ0) is 33.3. The average Bonchev–Trinajstić information content (AvgIpc) is 3.64. The van der Waals surface area contributed by atoms with Gasteiger partial charge in [-0.2, -0.15) is 0 Å². The van der Waals surface area contributed by atoms with Gasteiger partial charge in [-0.15, -0.1) is 0 Å². The number of benzene rings is 6. The summed E-state index contributed by atoms with van der Waals surface area (Å²) in [6, 6.07) is 47.9. The van der Waals surface area contributed by atoms with Crippen LogP contribution in [-0.4, -0.2) is 19.2 Å². The summed E-state index contributed by atoms with van der Waals surface area (Å²) < 4.78 is 30.9. The van der Waals surface area contributed by atoms with E-state index < -0.39 is 6.85 Å². The molecule has 0 aliphatic rings. The van der Waals surface area contributed by atoms with Gasteiger partial charge in [0.25, 0.3) is 0 Å². The highest BCUT2D eigenvalue weighted by Crippen LogP contribution is 2.43. The lowest BCUT2D eigenvalue weighted by Crippen LogP contribution is -2.05. The van der Waals surface area contributed by atoms with Gasteiger partial charge in [-0.25, -0.2) is 0 Å². The fraction of sp³-hybridized carbons (Fsp3) is 0.0238. The molecule has 0 unspecified atom stereocenters. The van der Waals surface area contributed by atoms with E-state index in [0.717, 1.165) is 60.5 Å². The number of phenolic OH excluding ortho intramolecular Hbond substituents is 1. The molecular weight excluding hydrogens is 562 g/mol. The number of pyridine rings is 1. The van der Waals surface area contributed by atoms with Gasteiger partial charge < -0.3 is 14.2 Å². The van der Waals surface area contributed by atoms with E-state index in [9.17, 15) is 5.11 Å². The maximum Gasteiger partial charge on any atom is 0.116 e. The Hall–Kier alpha value is -6.13. The molecule has 218 valence electrons. The molecule has 0 bridgehead atoms. The van der Waals surface area contributed by atoms with Gasteiger partial charge in [0, 0.05) is 48.5 Å². The Morgan fingerprint density at radius 1 is 0.543 bits per heavy atom. The van der Waals surface area contributed by atoms with Crippen LogP contribution < -0.4 is 0 Å². The number of nitrogens with zero attached hydrogens (tertiary/aromatic N) is 3. The Morgan fingerprint density at radius 3 is 1.50 bits per heavy atom. The zero-order valence-corrected chi connectivity index (χ0v) is 24.7. The van der Waals surface area contributed by atoms with Crippen LogP contribution in [0.15, 0.2) is 152 Å². The number of phenols is 1. The number of aromatic nitrogens is 3. The van der Waals surface area contributed by atoms with Gasteiger partial charge in [0.2, 0.25) is 0 Å². The molecule has 4 nitrogen and oxygen atoms in total. The summed E-state index contributed by atoms with van der Waals surface area (Å²) in [7, 11) is 0. The molecular formula is C42H29N3O. The Kier molecular flexibility index (Phi) is 5.17. The lowest BCUT2D eigenvalue weighted by molar-refractivity contribution is 0.475. The van der Waals surface area contributed by atoms with Crippen molar-refractivity contribution in [1.82, 2.24) is 14.1 Å². The third kappa shape index (κ3) is 3.90. The predicted molar refractivity (Wildman–Crippen MR) is 190 cm³/mol. The van der Waals surface area contributed by atoms with Crippen LogP contribution in [0.25, 0.3) is 77.4 Å². The van der Waals surface area contributed by atoms with E-state index in [1.165, 1.54) is 0 Å². The molecule has 0 aliphatic carbocycles. The first-order chi connectivity index (χ1) is 23.9. The maximum absolute atomic E-state index is 10.2. The molecule has 0 atom stereocenters. The Balaban J connectivity index is 1.45. The summed E-state index contributed by atoms with van der Waals surface area (Å²) in [5.41, 5.74) is 8.30. The van der Waals surface area contributed by atoms with Crippen molar-refractivity contribution in [3.05, 3.63) is 157 Å². The Labute approximate surface area is 270 Å². The van der Waals surface area contributed by atoms with E-state index in [1.807, 2.05) is 60.7 Å². The average molecular weight is 595 g/mol. The van der Waals surface area contributed by atoms with Crippen LogP contribution in [0.3, 0.4) is 0 Å². The van der Waals surface area contributed by atoms with Gasteiger partial charge in [-0.1, -0.05) is 91.0 Å². The minimum atomic E-state index is -2.48. The second kappa shape index (κ2) is 10.2. The molecule has 3 aromatic heterocycles. The minimum absolute atomic E-state index is 0.0872. The van der Waals surface area contributed by atoms with Gasteiger partial charge in [-0.3, -0.25) is 4.98 Å². The Bertz CT molecular complexity index is 2500.